The summed E-state index contributed by atoms with van der Waals surface area (Å²) >= 11 is 0. The van der Waals surface area contributed by atoms with Crippen LogP contribution >= 0.6 is 0 Å². The van der Waals surface area contributed by atoms with Gasteiger partial charge in [0, 0.05) is 12.6 Å². The smallest absolute Gasteiger partial charge is 0.0724 e. The van der Waals surface area contributed by atoms with E-state index in [2.05, 4.69) is 32.6 Å². The van der Waals surface area contributed by atoms with Gasteiger partial charge in [0.2, 0.25) is 0 Å². The third-order valence-electron chi connectivity index (χ3n) is 5.06. The highest BCUT2D eigenvalue weighted by Crippen LogP contribution is 2.40. The van der Waals surface area contributed by atoms with Gasteiger partial charge in [-0.3, -0.25) is 4.90 Å². The first kappa shape index (κ1) is 16.9. The number of hydrogen-bond acceptors (Lipinski definition) is 3. The number of likely N-dealkylation sites (N-methyl/N-ethyl adjacent to an activating group) is 1. The third kappa shape index (κ3) is 3.93. The average Bonchev–Trinajstić information content (AvgIpc) is 2.88. The highest BCUT2D eigenvalue weighted by Gasteiger charge is 2.44. The Morgan fingerprint density at radius 2 is 1.74 bits per heavy atom. The molecule has 1 N–H and O–H groups in total. The van der Waals surface area contributed by atoms with E-state index in [0.29, 0.717) is 0 Å². The fraction of sp³-hybridized carbons (Fsp3) is 1.00. The second-order valence-corrected chi connectivity index (χ2v) is 6.50. The molecule has 1 atom stereocenters. The molecule has 3 heteroatoms. The van der Waals surface area contributed by atoms with Gasteiger partial charge < -0.3 is 9.84 Å². The zero-order valence-corrected chi connectivity index (χ0v) is 13.5. The molecule has 1 aliphatic rings. The Hall–Kier alpha value is -0.120. The molecule has 114 valence electrons. The minimum Gasteiger partial charge on any atom is -0.391 e. The second-order valence-electron chi connectivity index (χ2n) is 6.50. The maximum absolute atomic E-state index is 10.8. The normalized spacial score (nSPS) is 21.0. The van der Waals surface area contributed by atoms with E-state index >= 15 is 0 Å². The minimum absolute atomic E-state index is 0.0212. The van der Waals surface area contributed by atoms with Crippen LogP contribution in [0.5, 0.6) is 0 Å². The molecular formula is C16H33NO2. The Kier molecular flexibility index (Phi) is 6.28. The molecule has 0 heterocycles. The number of aliphatic hydroxyl groups is 1. The van der Waals surface area contributed by atoms with Crippen LogP contribution in [-0.4, -0.2) is 47.4 Å². The number of nitrogens with zero attached hydrogens (tertiary/aromatic N) is 1. The first-order chi connectivity index (χ1) is 8.91. The van der Waals surface area contributed by atoms with Gasteiger partial charge in [-0.25, -0.2) is 0 Å². The van der Waals surface area contributed by atoms with Crippen molar-refractivity contribution in [1.82, 2.24) is 4.90 Å². The monoisotopic (exact) mass is 271 g/mol. The molecule has 0 spiro atoms. The van der Waals surface area contributed by atoms with Crippen molar-refractivity contribution < 1.29 is 9.84 Å². The molecule has 3 nitrogen and oxygen atoms in total. The first-order valence-electron chi connectivity index (χ1n) is 7.90. The molecule has 1 saturated carbocycles. The zero-order valence-electron chi connectivity index (χ0n) is 13.5. The van der Waals surface area contributed by atoms with Crippen molar-refractivity contribution in [2.45, 2.75) is 83.5 Å². The minimum atomic E-state index is -0.232. The quantitative estimate of drug-likeness (QED) is 0.736. The standard InChI is InChI=1S/C16H33NO2/c1-6-17(7-2)16(11-8-9-12-16)14(18)10-13-15(3,4)19-5/h14,18H,6-13H2,1-5H3. The summed E-state index contributed by atoms with van der Waals surface area (Å²) in [6, 6.07) is 0. The van der Waals surface area contributed by atoms with Crippen LogP contribution < -0.4 is 0 Å². The maximum Gasteiger partial charge on any atom is 0.0724 e. The molecule has 0 aromatic heterocycles. The lowest BCUT2D eigenvalue weighted by Gasteiger charge is -2.44. The van der Waals surface area contributed by atoms with Gasteiger partial charge in [0.05, 0.1) is 11.7 Å². The summed E-state index contributed by atoms with van der Waals surface area (Å²) in [5, 5.41) is 10.8. The summed E-state index contributed by atoms with van der Waals surface area (Å²) in [5.41, 5.74) is -0.114. The second kappa shape index (κ2) is 7.05. The average molecular weight is 271 g/mol. The molecule has 0 bridgehead atoms. The molecule has 1 fully saturated rings. The Balaban J connectivity index is 2.71. The summed E-state index contributed by atoms with van der Waals surface area (Å²) in [5.74, 6) is 0. The fourth-order valence-electron chi connectivity index (χ4n) is 3.56. The first-order valence-corrected chi connectivity index (χ1v) is 7.90. The number of hydrogen-bond donors (Lipinski definition) is 1. The predicted octanol–water partition coefficient (Wildman–Crippen LogP) is 3.21. The van der Waals surface area contributed by atoms with Crippen LogP contribution in [0.1, 0.15) is 66.2 Å². The number of ether oxygens (including phenoxy) is 1. The Morgan fingerprint density at radius 1 is 1.21 bits per heavy atom. The number of rotatable bonds is 8. The van der Waals surface area contributed by atoms with E-state index in [9.17, 15) is 5.11 Å². The maximum atomic E-state index is 10.8. The van der Waals surface area contributed by atoms with Gasteiger partial charge >= 0.3 is 0 Å². The summed E-state index contributed by atoms with van der Waals surface area (Å²) in [6.45, 7) is 10.7. The van der Waals surface area contributed by atoms with Crippen molar-refractivity contribution in [3.8, 4) is 0 Å². The Bertz CT molecular complexity index is 255. The van der Waals surface area contributed by atoms with E-state index in [1.54, 1.807) is 7.11 Å². The molecule has 0 amide bonds. The molecule has 19 heavy (non-hydrogen) atoms. The van der Waals surface area contributed by atoms with E-state index in [-0.39, 0.29) is 17.2 Å². The molecule has 0 radical (unpaired) electrons. The van der Waals surface area contributed by atoms with Crippen molar-refractivity contribution in [2.24, 2.45) is 0 Å². The topological polar surface area (TPSA) is 32.7 Å². The molecule has 1 unspecified atom stereocenters. The van der Waals surface area contributed by atoms with Gasteiger partial charge in [0.25, 0.3) is 0 Å². The zero-order chi connectivity index (χ0) is 14.5. The molecular weight excluding hydrogens is 238 g/mol. The van der Waals surface area contributed by atoms with Crippen molar-refractivity contribution >= 4 is 0 Å². The van der Waals surface area contributed by atoms with Gasteiger partial charge in [-0.15, -0.1) is 0 Å². The molecule has 0 saturated heterocycles. The van der Waals surface area contributed by atoms with Crippen LogP contribution in [0.25, 0.3) is 0 Å². The van der Waals surface area contributed by atoms with Crippen LogP contribution in [-0.2, 0) is 4.74 Å². The van der Waals surface area contributed by atoms with Gasteiger partial charge in [-0.05, 0) is 52.6 Å². The lowest BCUT2D eigenvalue weighted by Crippen LogP contribution is -2.55. The summed E-state index contributed by atoms with van der Waals surface area (Å²) < 4.78 is 5.47. The van der Waals surface area contributed by atoms with E-state index in [1.807, 2.05) is 0 Å². The van der Waals surface area contributed by atoms with Gasteiger partial charge in [0.1, 0.15) is 0 Å². The summed E-state index contributed by atoms with van der Waals surface area (Å²) in [4.78, 5) is 2.48. The van der Waals surface area contributed by atoms with Crippen LogP contribution in [0, 0.1) is 0 Å². The summed E-state index contributed by atoms with van der Waals surface area (Å²) in [7, 11) is 1.75. The van der Waals surface area contributed by atoms with Crippen LogP contribution in [0.4, 0.5) is 0 Å². The molecule has 0 aromatic rings. The largest absolute Gasteiger partial charge is 0.391 e. The highest BCUT2D eigenvalue weighted by atomic mass is 16.5. The van der Waals surface area contributed by atoms with E-state index in [0.717, 1.165) is 38.8 Å². The molecule has 1 aliphatic carbocycles. The van der Waals surface area contributed by atoms with Crippen LogP contribution in [0.15, 0.2) is 0 Å². The third-order valence-corrected chi connectivity index (χ3v) is 5.06. The lowest BCUT2D eigenvalue weighted by molar-refractivity contribution is -0.0492. The number of methoxy groups -OCH3 is 1. The highest BCUT2D eigenvalue weighted by molar-refractivity contribution is 5.00. The van der Waals surface area contributed by atoms with Crippen LogP contribution in [0.2, 0.25) is 0 Å². The lowest BCUT2D eigenvalue weighted by atomic mass is 9.83. The Labute approximate surface area is 119 Å². The van der Waals surface area contributed by atoms with E-state index in [1.165, 1.54) is 12.8 Å². The number of aliphatic hydroxyl groups excluding tert-OH is 1. The van der Waals surface area contributed by atoms with Crippen molar-refractivity contribution in [1.29, 1.82) is 0 Å². The molecule has 1 rings (SSSR count). The van der Waals surface area contributed by atoms with Crippen molar-refractivity contribution in [3.63, 3.8) is 0 Å². The predicted molar refractivity (Wildman–Crippen MR) is 80.4 cm³/mol. The van der Waals surface area contributed by atoms with Gasteiger partial charge in [0.15, 0.2) is 0 Å². The van der Waals surface area contributed by atoms with E-state index in [4.69, 9.17) is 4.74 Å². The Morgan fingerprint density at radius 3 is 2.16 bits per heavy atom. The fourth-order valence-corrected chi connectivity index (χ4v) is 3.56. The van der Waals surface area contributed by atoms with Crippen LogP contribution in [0.3, 0.4) is 0 Å². The molecule has 0 aromatic carbocycles. The van der Waals surface area contributed by atoms with Crippen molar-refractivity contribution in [2.75, 3.05) is 20.2 Å². The van der Waals surface area contributed by atoms with Crippen molar-refractivity contribution in [3.05, 3.63) is 0 Å². The SMILES string of the molecule is CCN(CC)C1(C(O)CCC(C)(C)OC)CCCC1. The van der Waals surface area contributed by atoms with Gasteiger partial charge in [-0.1, -0.05) is 26.7 Å². The molecule has 0 aliphatic heterocycles. The summed E-state index contributed by atoms with van der Waals surface area (Å²) in [6.07, 6.45) is 6.30. The van der Waals surface area contributed by atoms with E-state index < -0.39 is 0 Å². The van der Waals surface area contributed by atoms with Gasteiger partial charge in [-0.2, -0.15) is 0 Å².